The first-order valence-electron chi connectivity index (χ1n) is 27.2. The summed E-state index contributed by atoms with van der Waals surface area (Å²) in [5.74, 6) is 0. The van der Waals surface area contributed by atoms with Crippen molar-refractivity contribution in [2.45, 2.75) is 0 Å². The molecule has 0 atom stereocenters. The Morgan fingerprint density at radius 3 is 1.47 bits per heavy atom. The van der Waals surface area contributed by atoms with Crippen LogP contribution in [0.2, 0.25) is 0 Å². The second kappa shape index (κ2) is 11.9. The van der Waals surface area contributed by atoms with Crippen LogP contribution in [0.5, 0.6) is 0 Å². The summed E-state index contributed by atoms with van der Waals surface area (Å²) in [5, 5.41) is -2.10. The Balaban J connectivity index is 1.44. The van der Waals surface area contributed by atoms with Gasteiger partial charge in [-0.2, -0.15) is 0 Å². The van der Waals surface area contributed by atoms with Gasteiger partial charge in [0, 0.05) is 32.9 Å². The number of aromatic nitrogens is 2. The second-order valence-electron chi connectivity index (χ2n) is 11.6. The molecule has 0 N–H and O–H groups in total. The molecule has 10 aromatic rings. The molecule has 0 bridgehead atoms. The summed E-state index contributed by atoms with van der Waals surface area (Å²) in [7, 11) is -6.11. The summed E-state index contributed by atoms with van der Waals surface area (Å²) < 4.78 is 213. The fourth-order valence-electron chi connectivity index (χ4n) is 6.97. The van der Waals surface area contributed by atoms with Gasteiger partial charge in [-0.15, -0.1) is 0 Å². The van der Waals surface area contributed by atoms with Crippen molar-refractivity contribution in [2.75, 3.05) is 0 Å². The molecule has 0 aliphatic rings. The minimum absolute atomic E-state index is 0.172. The lowest BCUT2D eigenvalue weighted by Gasteiger charge is -2.34. The maximum absolute atomic E-state index is 10.4. The van der Waals surface area contributed by atoms with E-state index in [1.54, 1.807) is 71.3 Å². The lowest BCUT2D eigenvalue weighted by Crippen LogP contribution is -2.74. The third-order valence-electron chi connectivity index (χ3n) is 9.06. The van der Waals surface area contributed by atoms with Crippen LogP contribution in [-0.4, -0.2) is 17.2 Å². The van der Waals surface area contributed by atoms with Crippen molar-refractivity contribution >= 4 is 72.4 Å². The normalized spacial score (nSPS) is 18.2. The van der Waals surface area contributed by atoms with Gasteiger partial charge in [-0.25, -0.2) is 0 Å². The van der Waals surface area contributed by atoms with Crippen molar-refractivity contribution in [1.82, 2.24) is 9.13 Å². The van der Waals surface area contributed by atoms with E-state index in [-0.39, 0.29) is 34.0 Å². The average molecular weight is 690 g/mol. The van der Waals surface area contributed by atoms with Gasteiger partial charge in [-0.05, 0) is 69.2 Å². The standard InChI is InChI=1S/C48H34N2Si/c1-4-18-37(19-5-1)51(38-20-6-2-7-21-38,39-22-8-3-9-23-39)40-24-16-17-35(33-40)49-47-30-15-12-27-43(47)44-34-36(31-32-48(44)49)50-45-28-13-10-25-41(45)42-26-11-14-29-46(42)50/h1-34H/i1D,2D,3D,4D,5D,6D,7D,8D,9D,10D,13D,16D,17D,18D,19D,20D,21D,22D,23D,24D,25D,28D,33D. The van der Waals surface area contributed by atoms with Crippen molar-refractivity contribution < 1.29 is 31.5 Å². The predicted molar refractivity (Wildman–Crippen MR) is 219 cm³/mol. The molecule has 0 spiro atoms. The molecule has 2 aromatic heterocycles. The van der Waals surface area contributed by atoms with Gasteiger partial charge >= 0.3 is 0 Å². The van der Waals surface area contributed by atoms with E-state index in [9.17, 15) is 13.7 Å². The number of nitrogens with zero attached hydrogens (tertiary/aromatic N) is 2. The summed E-state index contributed by atoms with van der Waals surface area (Å²) in [6.45, 7) is 0. The molecule has 2 nitrogen and oxygen atoms in total. The van der Waals surface area contributed by atoms with Crippen LogP contribution in [0.25, 0.3) is 55.0 Å². The van der Waals surface area contributed by atoms with Gasteiger partial charge in [0.1, 0.15) is 0 Å². The third-order valence-corrected chi connectivity index (χ3v) is 13.1. The fourth-order valence-corrected chi connectivity index (χ4v) is 10.5. The number of rotatable bonds is 6. The molecule has 0 unspecified atom stereocenters. The van der Waals surface area contributed by atoms with E-state index in [0.29, 0.717) is 27.4 Å². The van der Waals surface area contributed by atoms with E-state index >= 15 is 0 Å². The van der Waals surface area contributed by atoms with Gasteiger partial charge in [-0.1, -0.05) is 157 Å². The van der Waals surface area contributed by atoms with Crippen molar-refractivity contribution in [3.63, 3.8) is 0 Å². The second-order valence-corrected chi connectivity index (χ2v) is 15.1. The molecule has 0 aliphatic heterocycles. The topological polar surface area (TPSA) is 9.86 Å². The summed E-state index contributed by atoms with van der Waals surface area (Å²) in [5.41, 5.74) is 1.08. The molecule has 3 heteroatoms. The Morgan fingerprint density at radius 2 is 0.843 bits per heavy atom. The van der Waals surface area contributed by atoms with Crippen LogP contribution in [-0.2, 0) is 0 Å². The quantitative estimate of drug-likeness (QED) is 0.122. The Bertz CT molecular complexity index is 3950. The van der Waals surface area contributed by atoms with Gasteiger partial charge in [0.25, 0.3) is 0 Å². The number of para-hydroxylation sites is 3. The smallest absolute Gasteiger partial charge is 0.179 e. The number of benzene rings is 8. The first-order valence-corrected chi connectivity index (χ1v) is 17.7. The maximum atomic E-state index is 10.4. The Hall–Kier alpha value is -6.42. The van der Waals surface area contributed by atoms with Crippen LogP contribution in [0, 0.1) is 0 Å². The molecule has 0 amide bonds. The number of fused-ring (bicyclic) bond motifs is 6. The van der Waals surface area contributed by atoms with Gasteiger partial charge in [-0.3, -0.25) is 0 Å². The van der Waals surface area contributed by atoms with Gasteiger partial charge in [0.2, 0.25) is 0 Å². The van der Waals surface area contributed by atoms with E-state index in [1.807, 2.05) is 0 Å². The third kappa shape index (κ3) is 4.49. The molecule has 0 aliphatic carbocycles. The number of hydrogen-bond donors (Lipinski definition) is 0. The summed E-state index contributed by atoms with van der Waals surface area (Å²) >= 11 is 0. The first-order chi connectivity index (χ1) is 34.9. The van der Waals surface area contributed by atoms with Crippen LogP contribution in [0.15, 0.2) is 206 Å². The van der Waals surface area contributed by atoms with E-state index in [2.05, 4.69) is 0 Å². The van der Waals surface area contributed by atoms with E-state index in [1.165, 1.54) is 4.57 Å². The maximum Gasteiger partial charge on any atom is 0.179 e. The Labute approximate surface area is 330 Å². The first kappa shape index (κ1) is 14.4. The van der Waals surface area contributed by atoms with Crippen LogP contribution in [0.3, 0.4) is 0 Å². The molecule has 2 heterocycles. The zero-order valence-corrected chi connectivity index (χ0v) is 27.2. The number of hydrogen-bond acceptors (Lipinski definition) is 0. The SMILES string of the molecule is [2H]c1c([2H])c([2H])c([Si](c2c([2H])c([2H])c([2H])c([2H])c2[2H])(c2c([2H])c([2H])c([2H])c([2H])c2[2H])c2c([2H])c([2H])c([2H])c(-n3c4ccccc4c4cc(-n5c6ccccc6c6c([2H])c([2H])c([2H])c([2H])c65)ccc43)c2[2H])c([2H])c1[2H]. The Morgan fingerprint density at radius 1 is 0.353 bits per heavy atom. The van der Waals surface area contributed by atoms with Crippen LogP contribution in [0.4, 0.5) is 0 Å². The highest BCUT2D eigenvalue weighted by atomic mass is 28.3. The summed E-state index contributed by atoms with van der Waals surface area (Å²) in [4.78, 5) is 0. The Kier molecular flexibility index (Phi) is 3.36. The fraction of sp³-hybridized carbons (Fsp3) is 0. The van der Waals surface area contributed by atoms with Crippen molar-refractivity contribution in [1.29, 1.82) is 0 Å². The van der Waals surface area contributed by atoms with Crippen molar-refractivity contribution in [3.05, 3.63) is 206 Å². The van der Waals surface area contributed by atoms with E-state index < -0.39 is 161 Å². The monoisotopic (exact) mass is 689 g/mol. The molecule has 51 heavy (non-hydrogen) atoms. The van der Waals surface area contributed by atoms with Crippen molar-refractivity contribution in [2.24, 2.45) is 0 Å². The largest absolute Gasteiger partial charge is 0.309 e. The van der Waals surface area contributed by atoms with Gasteiger partial charge in [0.05, 0.1) is 53.6 Å². The van der Waals surface area contributed by atoms with E-state index in [0.717, 1.165) is 0 Å². The highest BCUT2D eigenvalue weighted by Gasteiger charge is 2.41. The molecule has 10 rings (SSSR count). The molecular weight excluding hydrogens is 633 g/mol. The molecular formula is C48H34N2Si. The highest BCUT2D eigenvalue weighted by molar-refractivity contribution is 7.19. The average Bonchev–Trinajstić information content (AvgIpc) is 3.96. The molecule has 0 fully saturated rings. The van der Waals surface area contributed by atoms with Gasteiger partial charge in [0.15, 0.2) is 8.07 Å². The molecule has 240 valence electrons. The summed E-state index contributed by atoms with van der Waals surface area (Å²) in [6, 6.07) is -2.78. The van der Waals surface area contributed by atoms with Crippen LogP contribution in [0.1, 0.15) is 31.5 Å². The minimum Gasteiger partial charge on any atom is -0.309 e. The lowest BCUT2D eigenvalue weighted by molar-refractivity contribution is 1.17. The minimum atomic E-state index is -6.11. The van der Waals surface area contributed by atoms with Crippen LogP contribution >= 0.6 is 0 Å². The zero-order valence-electron chi connectivity index (χ0n) is 49.2. The highest BCUT2D eigenvalue weighted by Crippen LogP contribution is 2.36. The van der Waals surface area contributed by atoms with Crippen molar-refractivity contribution in [3.8, 4) is 11.4 Å². The molecule has 0 radical (unpaired) electrons. The molecule has 0 saturated heterocycles. The molecule has 0 saturated carbocycles. The summed E-state index contributed by atoms with van der Waals surface area (Å²) in [6.07, 6.45) is 0. The zero-order chi connectivity index (χ0) is 53.8. The molecule has 8 aromatic carbocycles. The van der Waals surface area contributed by atoms with Gasteiger partial charge < -0.3 is 9.13 Å². The lowest BCUT2D eigenvalue weighted by atomic mass is 10.1. The van der Waals surface area contributed by atoms with E-state index in [4.69, 9.17) is 17.8 Å². The van der Waals surface area contributed by atoms with Crippen LogP contribution < -0.4 is 20.7 Å². The predicted octanol–water partition coefficient (Wildman–Crippen LogP) is 9.26.